The lowest BCUT2D eigenvalue weighted by molar-refractivity contribution is -0.635. The summed E-state index contributed by atoms with van der Waals surface area (Å²) < 4.78 is 4.59. The van der Waals surface area contributed by atoms with E-state index in [0.29, 0.717) is 6.42 Å². The Morgan fingerprint density at radius 1 is 1.27 bits per heavy atom. The molecular formula is C9H18O6. The molecule has 0 bridgehead atoms. The van der Waals surface area contributed by atoms with Crippen LogP contribution in [0.25, 0.3) is 0 Å². The van der Waals surface area contributed by atoms with E-state index in [-0.39, 0.29) is 6.10 Å². The average molecular weight is 222 g/mol. The molecule has 0 aromatic heterocycles. The third-order valence-electron chi connectivity index (χ3n) is 1.57. The van der Waals surface area contributed by atoms with Gasteiger partial charge in [-0.2, -0.15) is 4.89 Å². The highest BCUT2D eigenvalue weighted by atomic mass is 17.7. The van der Waals surface area contributed by atoms with Gasteiger partial charge in [0.05, 0.1) is 6.10 Å². The molecule has 0 saturated carbocycles. The molecule has 90 valence electrons. The summed E-state index contributed by atoms with van der Waals surface area (Å²) in [7, 11) is 0. The molecule has 0 heterocycles. The maximum absolute atomic E-state index is 10.7. The van der Waals surface area contributed by atoms with Gasteiger partial charge >= 0.3 is 6.16 Å². The van der Waals surface area contributed by atoms with Crippen molar-refractivity contribution >= 4 is 6.16 Å². The Hall–Kier alpha value is -0.850. The maximum atomic E-state index is 10.7. The lowest BCUT2D eigenvalue weighted by atomic mass is 10.1. The average Bonchev–Trinajstić information content (AvgIpc) is 2.11. The molecule has 0 unspecified atom stereocenters. The van der Waals surface area contributed by atoms with Crippen molar-refractivity contribution < 1.29 is 29.4 Å². The van der Waals surface area contributed by atoms with Crippen molar-refractivity contribution in [2.45, 2.75) is 52.7 Å². The first-order valence-corrected chi connectivity index (χ1v) is 4.77. The monoisotopic (exact) mass is 222 g/mol. The van der Waals surface area contributed by atoms with E-state index >= 15 is 0 Å². The summed E-state index contributed by atoms with van der Waals surface area (Å²) in [6.45, 7) is 8.86. The lowest BCUT2D eigenvalue weighted by Gasteiger charge is -2.18. The van der Waals surface area contributed by atoms with Gasteiger partial charge in [-0.3, -0.25) is 0 Å². The second-order valence-electron chi connectivity index (χ2n) is 3.83. The molecule has 0 saturated heterocycles. The summed E-state index contributed by atoms with van der Waals surface area (Å²) in [6, 6.07) is 0. The topological polar surface area (TPSA) is 63.2 Å². The first-order chi connectivity index (χ1) is 6.87. The third kappa shape index (κ3) is 8.17. The second-order valence-corrected chi connectivity index (χ2v) is 3.83. The molecule has 0 rings (SSSR count). The molecule has 0 aliphatic carbocycles. The van der Waals surface area contributed by atoms with Gasteiger partial charge in [0.1, 0.15) is 5.60 Å². The zero-order chi connectivity index (χ0) is 11.9. The summed E-state index contributed by atoms with van der Waals surface area (Å²) in [5.74, 6) is 0. The predicted molar refractivity (Wildman–Crippen MR) is 50.3 cm³/mol. The van der Waals surface area contributed by atoms with E-state index in [1.807, 2.05) is 6.92 Å². The van der Waals surface area contributed by atoms with E-state index in [9.17, 15) is 4.79 Å². The van der Waals surface area contributed by atoms with Gasteiger partial charge in [0, 0.05) is 5.04 Å². The van der Waals surface area contributed by atoms with Gasteiger partial charge in [-0.15, -0.1) is 0 Å². The minimum atomic E-state index is -0.983. The van der Waals surface area contributed by atoms with E-state index in [1.165, 1.54) is 0 Å². The first kappa shape index (κ1) is 14.2. The fourth-order valence-corrected chi connectivity index (χ4v) is 0.419. The number of carbonyl (C=O) groups is 1. The van der Waals surface area contributed by atoms with Gasteiger partial charge in [0.2, 0.25) is 0 Å². The Bertz CT molecular complexity index is 189. The largest absolute Gasteiger partial charge is 0.542 e. The smallest absolute Gasteiger partial charge is 0.430 e. The molecule has 0 aliphatic heterocycles. The second kappa shape index (κ2) is 6.60. The SMILES string of the molecule is CCC(C)(C)OOOOC(=O)OC(C)C. The van der Waals surface area contributed by atoms with Crippen molar-refractivity contribution in [3.05, 3.63) is 0 Å². The Morgan fingerprint density at radius 3 is 2.33 bits per heavy atom. The molecule has 6 nitrogen and oxygen atoms in total. The van der Waals surface area contributed by atoms with Crippen LogP contribution in [0.5, 0.6) is 0 Å². The number of hydrogen-bond donors (Lipinski definition) is 0. The number of hydrogen-bond acceptors (Lipinski definition) is 6. The van der Waals surface area contributed by atoms with E-state index in [2.05, 4.69) is 19.7 Å². The molecule has 0 atom stereocenters. The highest BCUT2D eigenvalue weighted by molar-refractivity contribution is 5.59. The standard InChI is InChI=1S/C9H18O6/c1-6-9(4,5)13-15-14-12-8(10)11-7(2)3/h7H,6H2,1-5H3. The van der Waals surface area contributed by atoms with Crippen molar-refractivity contribution in [1.29, 1.82) is 0 Å². The van der Waals surface area contributed by atoms with Gasteiger partial charge in [-0.25, -0.2) is 9.68 Å². The minimum absolute atomic E-state index is 0.283. The van der Waals surface area contributed by atoms with Crippen molar-refractivity contribution in [1.82, 2.24) is 0 Å². The van der Waals surface area contributed by atoms with Gasteiger partial charge < -0.3 is 4.74 Å². The molecule has 0 aromatic rings. The van der Waals surface area contributed by atoms with Crippen LogP contribution in [0.1, 0.15) is 41.0 Å². The Morgan fingerprint density at radius 2 is 1.87 bits per heavy atom. The van der Waals surface area contributed by atoms with Crippen LogP contribution in [0, 0.1) is 0 Å². The van der Waals surface area contributed by atoms with Crippen LogP contribution >= 0.6 is 0 Å². The molecule has 0 aliphatic rings. The molecule has 6 heteroatoms. The number of carbonyl (C=O) groups excluding carboxylic acids is 1. The van der Waals surface area contributed by atoms with Crippen molar-refractivity contribution in [2.24, 2.45) is 0 Å². The quantitative estimate of drug-likeness (QED) is 0.298. The minimum Gasteiger partial charge on any atom is -0.430 e. The lowest BCUT2D eigenvalue weighted by Crippen LogP contribution is -2.24. The van der Waals surface area contributed by atoms with E-state index in [1.54, 1.807) is 27.7 Å². The summed E-state index contributed by atoms with van der Waals surface area (Å²) >= 11 is 0. The Labute approximate surface area is 89.2 Å². The highest BCUT2D eigenvalue weighted by Crippen LogP contribution is 2.13. The third-order valence-corrected chi connectivity index (χ3v) is 1.57. The predicted octanol–water partition coefficient (Wildman–Crippen LogP) is 2.53. The summed E-state index contributed by atoms with van der Waals surface area (Å²) in [6.07, 6.45) is -0.552. The zero-order valence-corrected chi connectivity index (χ0v) is 9.73. The van der Waals surface area contributed by atoms with E-state index in [0.717, 1.165) is 0 Å². The van der Waals surface area contributed by atoms with Gasteiger partial charge in [-0.05, 0) is 39.2 Å². The molecule has 15 heavy (non-hydrogen) atoms. The zero-order valence-electron chi connectivity index (χ0n) is 9.73. The summed E-state index contributed by atoms with van der Waals surface area (Å²) in [5.41, 5.74) is -0.509. The molecule has 0 fully saturated rings. The molecule has 0 N–H and O–H groups in total. The molecule has 0 radical (unpaired) electrons. The van der Waals surface area contributed by atoms with Crippen molar-refractivity contribution in [2.75, 3.05) is 0 Å². The van der Waals surface area contributed by atoms with E-state index in [4.69, 9.17) is 4.89 Å². The van der Waals surface area contributed by atoms with Gasteiger partial charge in [-0.1, -0.05) is 6.92 Å². The van der Waals surface area contributed by atoms with Crippen LogP contribution in [0.4, 0.5) is 4.79 Å². The summed E-state index contributed by atoms with van der Waals surface area (Å²) in [5, 5.41) is 8.26. The normalized spacial score (nSPS) is 11.6. The van der Waals surface area contributed by atoms with Crippen LogP contribution in [0.3, 0.4) is 0 Å². The molecular weight excluding hydrogens is 204 g/mol. The molecule has 0 aromatic carbocycles. The van der Waals surface area contributed by atoms with Crippen LogP contribution in [0.2, 0.25) is 0 Å². The highest BCUT2D eigenvalue weighted by Gasteiger charge is 2.18. The van der Waals surface area contributed by atoms with E-state index < -0.39 is 11.8 Å². The van der Waals surface area contributed by atoms with Gasteiger partial charge in [0.25, 0.3) is 0 Å². The van der Waals surface area contributed by atoms with Crippen LogP contribution < -0.4 is 0 Å². The van der Waals surface area contributed by atoms with Crippen molar-refractivity contribution in [3.8, 4) is 0 Å². The first-order valence-electron chi connectivity index (χ1n) is 4.77. The Balaban J connectivity index is 3.50. The van der Waals surface area contributed by atoms with Crippen molar-refractivity contribution in [3.63, 3.8) is 0 Å². The molecule has 0 spiro atoms. The van der Waals surface area contributed by atoms with Crippen LogP contribution in [-0.2, 0) is 24.6 Å². The fourth-order valence-electron chi connectivity index (χ4n) is 0.419. The fraction of sp³-hybridized carbons (Fsp3) is 0.889. The van der Waals surface area contributed by atoms with Crippen LogP contribution in [-0.4, -0.2) is 17.9 Å². The molecule has 0 amide bonds. The van der Waals surface area contributed by atoms with Gasteiger partial charge in [0.15, 0.2) is 0 Å². The Kier molecular flexibility index (Phi) is 6.23. The number of rotatable bonds is 6. The maximum Gasteiger partial charge on any atom is 0.542 e. The number of ether oxygens (including phenoxy) is 1. The van der Waals surface area contributed by atoms with Crippen LogP contribution in [0.15, 0.2) is 0 Å². The summed E-state index contributed by atoms with van der Waals surface area (Å²) in [4.78, 5) is 19.6.